The van der Waals surface area contributed by atoms with Gasteiger partial charge in [-0.2, -0.15) is 0 Å². The van der Waals surface area contributed by atoms with E-state index < -0.39 is 24.9 Å². The van der Waals surface area contributed by atoms with E-state index in [0.717, 1.165) is 5.56 Å². The summed E-state index contributed by atoms with van der Waals surface area (Å²) in [6.07, 6.45) is 0.995. The molecule has 0 saturated carbocycles. The molecule has 110 valence electrons. The first kappa shape index (κ1) is 15.2. The number of carbonyl (C=O) groups excluding carboxylic acids is 3. The van der Waals surface area contributed by atoms with E-state index >= 15 is 0 Å². The number of aldehydes is 1. The average molecular weight is 289 g/mol. The average Bonchev–Trinajstić information content (AvgIpc) is 2.43. The highest BCUT2D eigenvalue weighted by Gasteiger charge is 2.39. The molecule has 0 bridgehead atoms. The van der Waals surface area contributed by atoms with Crippen LogP contribution in [0.4, 0.5) is 0 Å². The Hall–Kier alpha value is -2.15. The van der Waals surface area contributed by atoms with Crippen LogP contribution in [0.1, 0.15) is 5.56 Å². The van der Waals surface area contributed by atoms with E-state index in [2.05, 4.69) is 0 Å². The minimum absolute atomic E-state index is 0.0114. The van der Waals surface area contributed by atoms with Gasteiger partial charge in [-0.1, -0.05) is 30.3 Å². The summed E-state index contributed by atoms with van der Waals surface area (Å²) in [6, 6.07) is 9.28. The maximum Gasteiger partial charge on any atom is 0.609 e. The van der Waals surface area contributed by atoms with E-state index in [9.17, 15) is 14.4 Å². The Labute approximate surface area is 123 Å². The van der Waals surface area contributed by atoms with E-state index in [1.165, 1.54) is 4.90 Å². The molecule has 0 aromatic heterocycles. The van der Waals surface area contributed by atoms with Crippen LogP contribution >= 0.6 is 0 Å². The fourth-order valence-electron chi connectivity index (χ4n) is 2.12. The Bertz CT molecular complexity index is 501. The Morgan fingerprint density at radius 1 is 1.19 bits per heavy atom. The van der Waals surface area contributed by atoms with Crippen LogP contribution in [0.5, 0.6) is 0 Å². The molecule has 0 N–H and O–H groups in total. The maximum absolute atomic E-state index is 11.7. The van der Waals surface area contributed by atoms with Gasteiger partial charge in [0.25, 0.3) is 0 Å². The van der Waals surface area contributed by atoms with Gasteiger partial charge < -0.3 is 14.1 Å². The summed E-state index contributed by atoms with van der Waals surface area (Å²) >= 11 is 0. The molecule has 0 aliphatic carbocycles. The van der Waals surface area contributed by atoms with Crippen molar-refractivity contribution in [2.75, 3.05) is 20.1 Å². The van der Waals surface area contributed by atoms with Gasteiger partial charge in [0.2, 0.25) is 0 Å². The Balaban J connectivity index is 2.10. The van der Waals surface area contributed by atoms with Crippen molar-refractivity contribution in [3.63, 3.8) is 0 Å². The van der Waals surface area contributed by atoms with Crippen molar-refractivity contribution in [3.05, 3.63) is 35.9 Å². The first-order valence-corrected chi connectivity index (χ1v) is 6.65. The molecule has 1 fully saturated rings. The monoisotopic (exact) mass is 289 g/mol. The molecule has 0 unspecified atom stereocenters. The van der Waals surface area contributed by atoms with E-state index in [1.54, 1.807) is 7.05 Å². The highest BCUT2D eigenvalue weighted by Crippen LogP contribution is 2.18. The Kier molecular flexibility index (Phi) is 5.11. The number of nitrogens with zero attached hydrogens (tertiary/aromatic N) is 1. The Morgan fingerprint density at radius 2 is 1.76 bits per heavy atom. The lowest BCUT2D eigenvalue weighted by Gasteiger charge is -2.24. The topological polar surface area (TPSA) is 72.9 Å². The van der Waals surface area contributed by atoms with Gasteiger partial charge in [-0.3, -0.25) is 14.5 Å². The molecule has 1 aromatic rings. The van der Waals surface area contributed by atoms with Crippen molar-refractivity contribution in [1.82, 2.24) is 4.90 Å². The van der Waals surface area contributed by atoms with Crippen LogP contribution in [0, 0.1) is 0 Å². The molecule has 1 heterocycles. The van der Waals surface area contributed by atoms with E-state index in [4.69, 9.17) is 9.31 Å². The summed E-state index contributed by atoms with van der Waals surface area (Å²) in [5.74, 6) is -1.76. The van der Waals surface area contributed by atoms with Gasteiger partial charge in [0.15, 0.2) is 0 Å². The van der Waals surface area contributed by atoms with Crippen molar-refractivity contribution < 1.29 is 23.7 Å². The molecule has 1 saturated heterocycles. The molecule has 6 nitrogen and oxygen atoms in total. The number of likely N-dealkylation sites (N-methyl/N-ethyl adjacent to an activating group) is 1. The van der Waals surface area contributed by atoms with E-state index in [0.29, 0.717) is 12.7 Å². The number of carbonyl (C=O) groups is 3. The Morgan fingerprint density at radius 3 is 2.29 bits per heavy atom. The van der Waals surface area contributed by atoms with E-state index in [1.807, 2.05) is 30.3 Å². The van der Waals surface area contributed by atoms with Crippen LogP contribution in [-0.4, -0.2) is 50.4 Å². The van der Waals surface area contributed by atoms with Crippen molar-refractivity contribution in [1.29, 1.82) is 0 Å². The second-order valence-corrected chi connectivity index (χ2v) is 5.01. The molecule has 1 atom stereocenters. The van der Waals surface area contributed by atoms with Crippen LogP contribution in [0.2, 0.25) is 5.82 Å². The quantitative estimate of drug-likeness (QED) is 0.587. The van der Waals surface area contributed by atoms with Gasteiger partial charge >= 0.3 is 19.1 Å². The predicted molar refractivity (Wildman–Crippen MR) is 75.4 cm³/mol. The first-order valence-electron chi connectivity index (χ1n) is 6.65. The zero-order valence-corrected chi connectivity index (χ0v) is 11.7. The lowest BCUT2D eigenvalue weighted by molar-refractivity contribution is -0.145. The normalized spacial score (nSPS) is 18.2. The third-order valence-corrected chi connectivity index (χ3v) is 3.13. The summed E-state index contributed by atoms with van der Waals surface area (Å²) < 4.78 is 10.2. The molecular formula is C14H16BNO5. The smallest absolute Gasteiger partial charge is 0.498 e. The van der Waals surface area contributed by atoms with Gasteiger partial charge in [-0.25, -0.2) is 0 Å². The van der Waals surface area contributed by atoms with Crippen LogP contribution in [0.25, 0.3) is 0 Å². The molecule has 1 aliphatic heterocycles. The summed E-state index contributed by atoms with van der Waals surface area (Å²) in [7, 11) is 0.445. The third-order valence-electron chi connectivity index (χ3n) is 3.13. The predicted octanol–water partition coefficient (Wildman–Crippen LogP) is 0.318. The zero-order chi connectivity index (χ0) is 15.2. The summed E-state index contributed by atoms with van der Waals surface area (Å²) in [5.41, 5.74) is 0.904. The summed E-state index contributed by atoms with van der Waals surface area (Å²) in [4.78, 5) is 36.1. The minimum atomic E-state index is -1.17. The van der Waals surface area contributed by atoms with Gasteiger partial charge in [-0.05, 0) is 19.0 Å². The third kappa shape index (κ3) is 4.42. The highest BCUT2D eigenvalue weighted by atomic mass is 16.6. The van der Waals surface area contributed by atoms with Crippen molar-refractivity contribution in [3.8, 4) is 0 Å². The van der Waals surface area contributed by atoms with Crippen LogP contribution in [0.15, 0.2) is 30.3 Å². The van der Waals surface area contributed by atoms with Crippen LogP contribution in [0.3, 0.4) is 0 Å². The summed E-state index contributed by atoms with van der Waals surface area (Å²) in [5, 5.41) is 0. The van der Waals surface area contributed by atoms with E-state index in [-0.39, 0.29) is 13.1 Å². The first-order chi connectivity index (χ1) is 10.1. The van der Waals surface area contributed by atoms with Crippen molar-refractivity contribution in [2.24, 2.45) is 0 Å². The van der Waals surface area contributed by atoms with Gasteiger partial charge in [0.05, 0.1) is 18.9 Å². The summed E-state index contributed by atoms with van der Waals surface area (Å²) in [6.45, 7) is -0.0228. The minimum Gasteiger partial charge on any atom is -0.498 e. The molecule has 21 heavy (non-hydrogen) atoms. The lowest BCUT2D eigenvalue weighted by Crippen LogP contribution is -2.45. The maximum atomic E-state index is 11.7. The molecule has 1 aliphatic rings. The molecule has 0 spiro atoms. The fraction of sp³-hybridized carbons (Fsp3) is 0.357. The van der Waals surface area contributed by atoms with Crippen molar-refractivity contribution >= 4 is 25.3 Å². The largest absolute Gasteiger partial charge is 0.609 e. The highest BCUT2D eigenvalue weighted by molar-refractivity contribution is 6.54. The molecule has 0 radical (unpaired) electrons. The fourth-order valence-corrected chi connectivity index (χ4v) is 2.12. The number of rotatable bonds is 4. The second kappa shape index (κ2) is 7.03. The lowest BCUT2D eigenvalue weighted by atomic mass is 9.69. The SMILES string of the molecule is CN1CC(=O)OB([C@H](C=O)Cc2ccccc2)OC(=O)C1. The number of hydrogen-bond acceptors (Lipinski definition) is 6. The van der Waals surface area contributed by atoms with Gasteiger partial charge in [0.1, 0.15) is 6.29 Å². The molecular weight excluding hydrogens is 273 g/mol. The molecule has 7 heteroatoms. The molecule has 0 amide bonds. The van der Waals surface area contributed by atoms with Crippen LogP contribution in [-0.2, 0) is 30.1 Å². The molecule has 2 rings (SSSR count). The second-order valence-electron chi connectivity index (χ2n) is 5.01. The van der Waals surface area contributed by atoms with Crippen LogP contribution < -0.4 is 0 Å². The number of benzene rings is 1. The molecule has 1 aromatic carbocycles. The van der Waals surface area contributed by atoms with Gasteiger partial charge in [0, 0.05) is 0 Å². The number of hydrogen-bond donors (Lipinski definition) is 0. The zero-order valence-electron chi connectivity index (χ0n) is 11.7. The van der Waals surface area contributed by atoms with Gasteiger partial charge in [-0.15, -0.1) is 0 Å². The standard InChI is InChI=1S/C14H16BNO5/c1-16-8-13(18)20-15(21-14(19)9-16)12(10-17)7-11-5-3-2-4-6-11/h2-6,10,12H,7-9H2,1H3/t12-/m0/s1. The van der Waals surface area contributed by atoms with Crippen molar-refractivity contribution in [2.45, 2.75) is 12.2 Å².